The van der Waals surface area contributed by atoms with Gasteiger partial charge in [0.15, 0.2) is 0 Å². The first-order valence-corrected chi connectivity index (χ1v) is 9.68. The van der Waals surface area contributed by atoms with Gasteiger partial charge in [0.2, 0.25) is 0 Å². The van der Waals surface area contributed by atoms with Crippen molar-refractivity contribution in [3.05, 3.63) is 0 Å². The van der Waals surface area contributed by atoms with Crippen LogP contribution in [-0.2, 0) is 28.4 Å². The summed E-state index contributed by atoms with van der Waals surface area (Å²) in [6.45, 7) is -8.28. The highest BCUT2D eigenvalue weighted by atomic mass is 19.3. The maximum absolute atomic E-state index is 13.4. The van der Waals surface area contributed by atoms with E-state index in [4.69, 9.17) is 14.6 Å². The number of aliphatic hydroxyl groups is 3. The highest BCUT2D eigenvalue weighted by Crippen LogP contribution is 2.27. The van der Waals surface area contributed by atoms with Crippen LogP contribution in [0.15, 0.2) is 0 Å². The zero-order valence-corrected chi connectivity index (χ0v) is 17.8. The predicted octanol–water partition coefficient (Wildman–Crippen LogP) is 1.23. The Morgan fingerprint density at radius 1 is 0.647 bits per heavy atom. The number of halogens is 8. The molecule has 3 N–H and O–H groups in total. The Kier molecular flexibility index (Phi) is 16.2. The summed E-state index contributed by atoms with van der Waals surface area (Å²) >= 11 is 0. The van der Waals surface area contributed by atoms with E-state index in [0.29, 0.717) is 0 Å². The number of ether oxygens (including phenoxy) is 6. The lowest BCUT2D eigenvalue weighted by Gasteiger charge is -2.24. The zero-order chi connectivity index (χ0) is 26.3. The lowest BCUT2D eigenvalue weighted by atomic mass is 10.3. The number of aliphatic hydroxyl groups excluding tert-OH is 3. The Morgan fingerprint density at radius 2 is 1.15 bits per heavy atom. The highest BCUT2D eigenvalue weighted by molar-refractivity contribution is 4.68. The van der Waals surface area contributed by atoms with Crippen molar-refractivity contribution < 1.29 is 78.9 Å². The maximum atomic E-state index is 13.4. The third-order valence-electron chi connectivity index (χ3n) is 3.38. The van der Waals surface area contributed by atoms with Gasteiger partial charge in [0, 0.05) is 6.61 Å². The molecule has 0 bridgehead atoms. The van der Waals surface area contributed by atoms with Gasteiger partial charge in [0.1, 0.15) is 32.7 Å². The van der Waals surface area contributed by atoms with Crippen molar-refractivity contribution in [2.24, 2.45) is 0 Å². The van der Waals surface area contributed by atoms with E-state index in [-0.39, 0.29) is 32.8 Å². The van der Waals surface area contributed by atoms with Gasteiger partial charge in [-0.05, 0) is 6.42 Å². The minimum Gasteiger partial charge on any atom is -0.396 e. The number of rotatable bonds is 22. The molecule has 0 spiro atoms. The van der Waals surface area contributed by atoms with E-state index in [9.17, 15) is 45.3 Å². The average molecular weight is 528 g/mol. The highest BCUT2D eigenvalue weighted by Gasteiger charge is 2.45. The van der Waals surface area contributed by atoms with Crippen molar-refractivity contribution >= 4 is 0 Å². The zero-order valence-electron chi connectivity index (χ0n) is 17.8. The summed E-state index contributed by atoms with van der Waals surface area (Å²) < 4.78 is 128. The van der Waals surface area contributed by atoms with Crippen molar-refractivity contribution in [2.45, 2.75) is 43.2 Å². The molecule has 34 heavy (non-hydrogen) atoms. The summed E-state index contributed by atoms with van der Waals surface area (Å²) in [5.74, 6) is -4.47. The van der Waals surface area contributed by atoms with Crippen LogP contribution in [0.1, 0.15) is 6.42 Å². The minimum atomic E-state index is -4.54. The molecule has 0 aliphatic rings. The van der Waals surface area contributed by atoms with E-state index in [1.165, 1.54) is 0 Å². The monoisotopic (exact) mass is 528 g/mol. The summed E-state index contributed by atoms with van der Waals surface area (Å²) in [6, 6.07) is 0. The molecule has 2 atom stereocenters. The second-order valence-corrected chi connectivity index (χ2v) is 6.74. The van der Waals surface area contributed by atoms with Gasteiger partial charge in [0.05, 0.1) is 39.1 Å². The normalized spacial score (nSPS) is 15.2. The summed E-state index contributed by atoms with van der Waals surface area (Å²) in [5.41, 5.74) is 0. The van der Waals surface area contributed by atoms with E-state index < -0.39 is 76.6 Å². The fourth-order valence-electron chi connectivity index (χ4n) is 1.88. The largest absolute Gasteiger partial charge is 0.396 e. The van der Waals surface area contributed by atoms with Crippen LogP contribution in [0.25, 0.3) is 0 Å². The van der Waals surface area contributed by atoms with E-state index in [1.54, 1.807) is 0 Å². The first kappa shape index (κ1) is 33.1. The van der Waals surface area contributed by atoms with Gasteiger partial charge in [-0.3, -0.25) is 4.74 Å². The molecule has 0 saturated carbocycles. The molecule has 0 fully saturated rings. The maximum Gasteiger partial charge on any atom is 0.383 e. The van der Waals surface area contributed by atoms with Crippen molar-refractivity contribution in [2.75, 3.05) is 66.3 Å². The first-order valence-electron chi connectivity index (χ1n) is 9.68. The third-order valence-corrected chi connectivity index (χ3v) is 3.38. The number of hydrogen-bond acceptors (Lipinski definition) is 9. The summed E-state index contributed by atoms with van der Waals surface area (Å²) in [4.78, 5) is 0. The summed E-state index contributed by atoms with van der Waals surface area (Å²) in [7, 11) is 0. The van der Waals surface area contributed by atoms with Gasteiger partial charge in [-0.1, -0.05) is 0 Å². The molecule has 17 heteroatoms. The molecule has 0 heterocycles. The topological polar surface area (TPSA) is 116 Å². The quantitative estimate of drug-likeness (QED) is 0.108. The van der Waals surface area contributed by atoms with E-state index in [2.05, 4.69) is 18.9 Å². The molecule has 0 aliphatic carbocycles. The molecule has 0 amide bonds. The first-order chi connectivity index (χ1) is 15.7. The van der Waals surface area contributed by atoms with Gasteiger partial charge in [-0.25, -0.2) is 8.78 Å². The Morgan fingerprint density at radius 3 is 1.71 bits per heavy atom. The molecule has 2 unspecified atom stereocenters. The van der Waals surface area contributed by atoms with Crippen LogP contribution in [0.3, 0.4) is 0 Å². The van der Waals surface area contributed by atoms with Crippen LogP contribution in [-0.4, -0.2) is 118 Å². The molecule has 0 rings (SSSR count). The second-order valence-electron chi connectivity index (χ2n) is 6.74. The van der Waals surface area contributed by atoms with E-state index in [0.717, 1.165) is 0 Å². The summed E-state index contributed by atoms with van der Waals surface area (Å²) in [6.07, 6.45) is -15.6. The van der Waals surface area contributed by atoms with E-state index >= 15 is 0 Å². The minimum absolute atomic E-state index is 0.0420. The molecule has 0 radical (unpaired) electrons. The molecule has 0 saturated heterocycles. The van der Waals surface area contributed by atoms with Gasteiger partial charge in [0.25, 0.3) is 0 Å². The Bertz CT molecular complexity index is 517. The number of alkyl halides is 8. The van der Waals surface area contributed by atoms with Crippen LogP contribution in [0, 0.1) is 0 Å². The van der Waals surface area contributed by atoms with Crippen LogP contribution in [0.5, 0.6) is 0 Å². The summed E-state index contributed by atoms with van der Waals surface area (Å²) in [5, 5.41) is 27.1. The molecule has 0 aromatic carbocycles. The van der Waals surface area contributed by atoms with Crippen molar-refractivity contribution in [1.29, 1.82) is 0 Å². The molecule has 0 aromatic rings. The predicted molar refractivity (Wildman–Crippen MR) is 94.9 cm³/mol. The lowest BCUT2D eigenvalue weighted by Crippen LogP contribution is -2.40. The van der Waals surface area contributed by atoms with E-state index in [1.807, 2.05) is 0 Å². The number of hydrogen-bond donors (Lipinski definition) is 3. The Balaban J connectivity index is 3.97. The second kappa shape index (κ2) is 16.7. The van der Waals surface area contributed by atoms with Crippen molar-refractivity contribution in [3.8, 4) is 0 Å². The molecule has 0 aliphatic heterocycles. The third kappa shape index (κ3) is 17.5. The Hall–Kier alpha value is -0.920. The smallest absolute Gasteiger partial charge is 0.383 e. The molecule has 9 nitrogen and oxygen atoms in total. The average Bonchev–Trinajstić information content (AvgIpc) is 2.68. The molecular weight excluding hydrogens is 500 g/mol. The van der Waals surface area contributed by atoms with Crippen molar-refractivity contribution in [3.63, 3.8) is 0 Å². The SMILES string of the molecule is OCCC(O)COCCOCOCC(F)(F)OC(F)(F)COCC(O)COCC(F)(F)C(F)F. The van der Waals surface area contributed by atoms with Crippen LogP contribution < -0.4 is 0 Å². The van der Waals surface area contributed by atoms with Crippen LogP contribution in [0.4, 0.5) is 35.1 Å². The Labute approximate surface area is 189 Å². The molecule has 206 valence electrons. The van der Waals surface area contributed by atoms with Gasteiger partial charge >= 0.3 is 24.6 Å². The fourth-order valence-corrected chi connectivity index (χ4v) is 1.88. The van der Waals surface area contributed by atoms with Gasteiger partial charge < -0.3 is 39.0 Å². The van der Waals surface area contributed by atoms with Crippen LogP contribution in [0.2, 0.25) is 0 Å². The lowest BCUT2D eigenvalue weighted by molar-refractivity contribution is -0.396. The standard InChI is InChI=1S/C17H28F8O9/c18-14(19)15(20,21)8-31-6-13(28)7-32-9-16(22,23)34-17(24,25)10-33-11-30-4-3-29-5-12(27)1-2-26/h12-14,26-28H,1-11H2. The van der Waals surface area contributed by atoms with Gasteiger partial charge in [-0.15, -0.1) is 0 Å². The van der Waals surface area contributed by atoms with Gasteiger partial charge in [-0.2, -0.15) is 26.3 Å². The molecule has 0 aromatic heterocycles. The van der Waals surface area contributed by atoms with Crippen LogP contribution >= 0.6 is 0 Å². The molecular formula is C17H28F8O9. The fraction of sp³-hybridized carbons (Fsp3) is 1.00. The van der Waals surface area contributed by atoms with Crippen molar-refractivity contribution in [1.82, 2.24) is 0 Å².